The molecule has 0 unspecified atom stereocenters. The smallest absolute Gasteiger partial charge is 0.0620 e. The summed E-state index contributed by atoms with van der Waals surface area (Å²) in [6.45, 7) is 11.3. The second kappa shape index (κ2) is 52.4. The minimum absolute atomic E-state index is 0. The van der Waals surface area contributed by atoms with Crippen molar-refractivity contribution in [1.29, 1.82) is 0 Å². The fourth-order valence-electron chi connectivity index (χ4n) is 12.6. The third kappa shape index (κ3) is 46.7. The fourth-order valence-corrected chi connectivity index (χ4v) is 28.8. The Bertz CT molecular complexity index is 3490. The molecule has 24 heteroatoms. The van der Waals surface area contributed by atoms with Gasteiger partial charge in [-0.05, 0) is 212 Å². The van der Waals surface area contributed by atoms with Crippen LogP contribution >= 0.6 is 63.1 Å². The predicted molar refractivity (Wildman–Crippen MR) is 491 cm³/mol. The minimum atomic E-state index is -10.7. The van der Waals surface area contributed by atoms with Crippen molar-refractivity contribution >= 4 is 127 Å². The van der Waals surface area contributed by atoms with Crippen LogP contribution in [0.25, 0.3) is 0 Å². The monoisotopic (exact) mass is 1850 g/mol. The molecule has 12 aromatic rings. The number of halogens is 12. The fraction of sp³-hybridized carbons (Fsp3) is 0.217. The van der Waals surface area contributed by atoms with Gasteiger partial charge in [-0.1, -0.05) is 218 Å². The first kappa shape index (κ1) is 103. The van der Waals surface area contributed by atoms with E-state index in [0.717, 1.165) is 26.4 Å². The van der Waals surface area contributed by atoms with E-state index in [4.69, 9.17) is 9.47 Å². The van der Waals surface area contributed by atoms with Gasteiger partial charge in [-0.2, -0.15) is 0 Å². The first-order chi connectivity index (χ1) is 54.5. The first-order valence-corrected chi connectivity index (χ1v) is 52.9. The number of benzene rings is 12. The van der Waals surface area contributed by atoms with E-state index in [1.165, 1.54) is 139 Å². The average Bonchev–Trinajstić information content (AvgIpc) is 0.792. The molecule has 0 spiro atoms. The van der Waals surface area contributed by atoms with Crippen LogP contribution in [0.15, 0.2) is 364 Å². The van der Waals surface area contributed by atoms with Crippen LogP contribution in [-0.4, -0.2) is 63.4 Å². The SMILES string of the molecule is CCOCC.CCOCC.F[P-](F)(F)(F)(F)F.F[P-](F)(F)(F)(F)F.[Cu+].[Cu+].c1ccc([PH+](CCCC[PH+](c2ccccc2)c2ccccc2)c2ccccc2)cc1.c1ccc([PH+](CCCC[PH+](c2ccccc2)c2ccccc2)c2ccccc2)cc1.c1ccc([PH+](CCCC[PH+](c2ccccc2)c2ccccc2)c2ccccc2)cc1. The summed E-state index contributed by atoms with van der Waals surface area (Å²) in [5, 5.41) is 18.4. The number of hydrogen-bond acceptors (Lipinski definition) is 2. The van der Waals surface area contributed by atoms with Crippen LogP contribution in [0.1, 0.15) is 66.2 Å². The molecular formula is C92H110Cu2F12O2P8+6. The van der Waals surface area contributed by atoms with E-state index < -0.39 is 63.1 Å². The van der Waals surface area contributed by atoms with Gasteiger partial charge in [0.1, 0.15) is 0 Å². The van der Waals surface area contributed by atoms with Crippen molar-refractivity contribution in [3.05, 3.63) is 364 Å². The van der Waals surface area contributed by atoms with Crippen molar-refractivity contribution in [3.8, 4) is 0 Å². The minimum Gasteiger partial charge on any atom is -0.0620 e. The molecule has 0 bridgehead atoms. The van der Waals surface area contributed by atoms with Crippen LogP contribution in [0.5, 0.6) is 0 Å². The van der Waals surface area contributed by atoms with Gasteiger partial charge < -0.3 is 9.47 Å². The number of ether oxygens (including phenoxy) is 2. The van der Waals surface area contributed by atoms with Gasteiger partial charge in [0.25, 0.3) is 0 Å². The topological polar surface area (TPSA) is 18.5 Å². The van der Waals surface area contributed by atoms with Crippen LogP contribution in [0.3, 0.4) is 0 Å². The van der Waals surface area contributed by atoms with Gasteiger partial charge in [0.05, 0.1) is 148 Å². The summed E-state index contributed by atoms with van der Waals surface area (Å²) >= 11 is 0. The summed E-state index contributed by atoms with van der Waals surface area (Å²) in [6, 6.07) is 134. The zero-order valence-electron chi connectivity index (χ0n) is 65.8. The van der Waals surface area contributed by atoms with E-state index in [1.54, 1.807) is 0 Å². The molecule has 0 saturated carbocycles. The van der Waals surface area contributed by atoms with Gasteiger partial charge in [0.15, 0.2) is 0 Å². The molecule has 0 N–H and O–H groups in total. The molecule has 0 radical (unpaired) electrons. The Morgan fingerprint density at radius 2 is 0.250 bits per heavy atom. The summed E-state index contributed by atoms with van der Waals surface area (Å²) in [6.07, 6.45) is 15.6. The molecule has 0 aliphatic carbocycles. The normalized spacial score (nSPS) is 12.2. The zero-order valence-corrected chi connectivity index (χ0v) is 75.5. The summed E-state index contributed by atoms with van der Waals surface area (Å²) in [4.78, 5) is 0. The van der Waals surface area contributed by atoms with Crippen molar-refractivity contribution in [2.24, 2.45) is 0 Å². The Morgan fingerprint density at radius 1 is 0.172 bits per heavy atom. The summed E-state index contributed by atoms with van der Waals surface area (Å²) < 4.78 is 128. The second-order valence-electron chi connectivity index (χ2n) is 26.4. The van der Waals surface area contributed by atoms with Crippen LogP contribution in [-0.2, 0) is 43.6 Å². The van der Waals surface area contributed by atoms with Gasteiger partial charge in [-0.15, -0.1) is 0 Å². The molecule has 0 atom stereocenters. The van der Waals surface area contributed by atoms with Gasteiger partial charge in [0, 0.05) is 26.4 Å². The Kier molecular flexibility index (Phi) is 46.3. The van der Waals surface area contributed by atoms with Gasteiger partial charge in [0.2, 0.25) is 0 Å². The van der Waals surface area contributed by atoms with Crippen LogP contribution in [0, 0.1) is 0 Å². The number of unbranched alkanes of at least 4 members (excludes halogenated alkanes) is 3. The van der Waals surface area contributed by atoms with E-state index in [2.05, 4.69) is 364 Å². The quantitative estimate of drug-likeness (QED) is 0.0187. The Morgan fingerprint density at radius 3 is 0.310 bits per heavy atom. The maximum atomic E-state index is 9.87. The van der Waals surface area contributed by atoms with Crippen LogP contribution < -0.4 is 63.7 Å². The van der Waals surface area contributed by atoms with Gasteiger partial charge in [-0.3, -0.25) is 0 Å². The Hall–Kier alpha value is -5.80. The summed E-state index contributed by atoms with van der Waals surface area (Å²) in [5.41, 5.74) is 0. The van der Waals surface area contributed by atoms with Gasteiger partial charge >= 0.3 is 100 Å². The molecule has 0 aliphatic rings. The second-order valence-corrected chi connectivity index (χ2v) is 45.9. The van der Waals surface area contributed by atoms with Crippen molar-refractivity contribution < 1.29 is 94.0 Å². The van der Waals surface area contributed by atoms with Crippen molar-refractivity contribution in [2.45, 2.75) is 66.2 Å². The van der Waals surface area contributed by atoms with Crippen molar-refractivity contribution in [3.63, 3.8) is 0 Å². The standard InChI is InChI=1S/3C28H28P2.2C4H10O.2Cu.2F6P/c3*1-5-15-25(16-6-1)29(26-17-7-2-8-18-26)23-13-14-24-30(27-19-9-3-10-20-27)28-21-11-4-12-22-28;2*1-3-5-4-2;;;2*1-7(2,3,4,5)6/h3*1-12,15-22H,13-14,23-24H2;2*3-4H2,1-2H3;;;;/q;;;;;2*+1;2*-1/p+6. The van der Waals surface area contributed by atoms with Crippen molar-refractivity contribution in [1.82, 2.24) is 0 Å². The molecule has 0 heterocycles. The number of hydrogen-bond donors (Lipinski definition) is 0. The van der Waals surface area contributed by atoms with E-state index in [-0.39, 0.29) is 34.1 Å². The molecule has 0 amide bonds. The molecule has 0 saturated heterocycles. The molecule has 0 aromatic heterocycles. The molecule has 630 valence electrons. The molecule has 12 rings (SSSR count). The van der Waals surface area contributed by atoms with Crippen molar-refractivity contribution in [2.75, 3.05) is 63.4 Å². The molecule has 0 fully saturated rings. The Labute approximate surface area is 709 Å². The van der Waals surface area contributed by atoms with E-state index >= 15 is 0 Å². The molecular weight excluding hydrogens is 1740 g/mol. The predicted octanol–water partition coefficient (Wildman–Crippen LogP) is 25.3. The van der Waals surface area contributed by atoms with E-state index in [0.29, 0.717) is 0 Å². The molecule has 12 aromatic carbocycles. The number of rotatable bonds is 31. The third-order valence-electron chi connectivity index (χ3n) is 17.6. The molecule has 2 nitrogen and oxygen atoms in total. The maximum absolute atomic E-state index is 10.7. The molecule has 0 aliphatic heterocycles. The van der Waals surface area contributed by atoms with Crippen LogP contribution in [0.2, 0.25) is 0 Å². The first-order valence-electron chi connectivity index (χ1n) is 38.6. The third-order valence-corrected chi connectivity index (χ3v) is 35.1. The maximum Gasteiger partial charge on any atom is 1.00 e. The largest absolute Gasteiger partial charge is 1.00 e. The summed E-state index contributed by atoms with van der Waals surface area (Å²) in [7, 11) is -25.6. The van der Waals surface area contributed by atoms with Crippen LogP contribution in [0.4, 0.5) is 50.4 Å². The summed E-state index contributed by atoms with van der Waals surface area (Å²) in [5.74, 6) is 0. The Balaban J connectivity index is 0.000000317. The van der Waals surface area contributed by atoms with E-state index in [9.17, 15) is 50.4 Å². The molecule has 116 heavy (non-hydrogen) atoms. The zero-order chi connectivity index (χ0) is 82.4. The average molecular weight is 1850 g/mol. The van der Waals surface area contributed by atoms with Gasteiger partial charge in [-0.25, -0.2) is 0 Å². The van der Waals surface area contributed by atoms with E-state index in [1.807, 2.05) is 27.7 Å².